The molecule has 1 fully saturated rings. The Hall–Kier alpha value is -2.35. The molecule has 156 valence electrons. The molecule has 1 saturated heterocycles. The van der Waals surface area contributed by atoms with E-state index in [9.17, 15) is 18.0 Å². The molecular weight excluding hydrogens is 392 g/mol. The minimum atomic E-state index is -3.06. The van der Waals surface area contributed by atoms with E-state index in [-0.39, 0.29) is 42.3 Å². The smallest absolute Gasteiger partial charge is 0.239 e. The van der Waals surface area contributed by atoms with Crippen LogP contribution in [-0.2, 0) is 38.7 Å². The first-order valence-electron chi connectivity index (χ1n) is 10.1. The van der Waals surface area contributed by atoms with Crippen LogP contribution in [0.2, 0.25) is 0 Å². The van der Waals surface area contributed by atoms with Crippen molar-refractivity contribution >= 4 is 32.6 Å². The highest BCUT2D eigenvalue weighted by molar-refractivity contribution is 7.91. The molecule has 0 saturated carbocycles. The molecule has 2 aliphatic rings. The number of furan rings is 1. The molecule has 0 radical (unpaired) electrons. The zero-order valence-corrected chi connectivity index (χ0v) is 17.4. The second kappa shape index (κ2) is 7.82. The number of sulfone groups is 1. The average Bonchev–Trinajstić information content (AvgIpc) is 3.36. The van der Waals surface area contributed by atoms with Crippen molar-refractivity contribution in [2.24, 2.45) is 0 Å². The zero-order valence-electron chi connectivity index (χ0n) is 16.6. The number of rotatable bonds is 6. The van der Waals surface area contributed by atoms with E-state index in [4.69, 9.17) is 4.42 Å². The van der Waals surface area contributed by atoms with Gasteiger partial charge in [-0.05, 0) is 55.9 Å². The van der Waals surface area contributed by atoms with Gasteiger partial charge >= 0.3 is 0 Å². The van der Waals surface area contributed by atoms with Crippen LogP contribution in [-0.4, -0.2) is 55.8 Å². The Morgan fingerprint density at radius 1 is 1.24 bits per heavy atom. The van der Waals surface area contributed by atoms with Crippen molar-refractivity contribution < 1.29 is 22.4 Å². The molecule has 4 rings (SSSR count). The Morgan fingerprint density at radius 2 is 2.00 bits per heavy atom. The number of carbonyl (C=O) groups is 2. The molecule has 0 bridgehead atoms. The molecule has 0 unspecified atom stereocenters. The number of likely N-dealkylation sites (N-methyl/N-ethyl adjacent to an activating group) is 1. The number of benzene rings is 1. The van der Waals surface area contributed by atoms with Crippen molar-refractivity contribution in [1.29, 1.82) is 0 Å². The van der Waals surface area contributed by atoms with E-state index in [1.807, 2.05) is 6.92 Å². The quantitative estimate of drug-likeness (QED) is 0.769. The predicted molar refractivity (Wildman–Crippen MR) is 109 cm³/mol. The van der Waals surface area contributed by atoms with Crippen LogP contribution in [0, 0.1) is 0 Å². The Bertz CT molecular complexity index is 1060. The third-order valence-electron chi connectivity index (χ3n) is 5.88. The van der Waals surface area contributed by atoms with Gasteiger partial charge in [-0.1, -0.05) is 0 Å². The molecule has 0 spiro atoms. The summed E-state index contributed by atoms with van der Waals surface area (Å²) in [7, 11) is -3.06. The minimum absolute atomic E-state index is 0.0237. The summed E-state index contributed by atoms with van der Waals surface area (Å²) in [6.45, 7) is 2.16. The second-order valence-electron chi connectivity index (χ2n) is 7.98. The first kappa shape index (κ1) is 19.9. The lowest BCUT2D eigenvalue weighted by atomic mass is 10.0. The second-order valence-corrected chi connectivity index (χ2v) is 10.2. The van der Waals surface area contributed by atoms with E-state index in [0.29, 0.717) is 13.0 Å². The summed E-state index contributed by atoms with van der Waals surface area (Å²) in [6, 6.07) is 3.85. The first-order valence-corrected chi connectivity index (χ1v) is 12.0. The third kappa shape index (κ3) is 4.32. The largest absolute Gasteiger partial charge is 0.464 e. The lowest BCUT2D eigenvalue weighted by Gasteiger charge is -2.21. The van der Waals surface area contributed by atoms with Crippen molar-refractivity contribution in [2.75, 3.05) is 24.6 Å². The molecule has 8 heteroatoms. The Morgan fingerprint density at radius 3 is 2.69 bits per heavy atom. The lowest BCUT2D eigenvalue weighted by Crippen LogP contribution is -2.45. The van der Waals surface area contributed by atoms with Gasteiger partial charge in [-0.3, -0.25) is 9.59 Å². The van der Waals surface area contributed by atoms with Crippen LogP contribution < -0.4 is 5.32 Å². The first-order chi connectivity index (χ1) is 13.8. The van der Waals surface area contributed by atoms with Crippen molar-refractivity contribution in [3.8, 4) is 0 Å². The zero-order chi connectivity index (χ0) is 20.6. The number of amides is 2. The van der Waals surface area contributed by atoms with Crippen LogP contribution in [0.3, 0.4) is 0 Å². The summed E-state index contributed by atoms with van der Waals surface area (Å²) >= 11 is 0. The van der Waals surface area contributed by atoms with Crippen molar-refractivity contribution in [3.63, 3.8) is 0 Å². The van der Waals surface area contributed by atoms with Gasteiger partial charge in [-0.25, -0.2) is 8.42 Å². The molecule has 2 heterocycles. The molecule has 29 heavy (non-hydrogen) atoms. The van der Waals surface area contributed by atoms with Gasteiger partial charge in [0.15, 0.2) is 9.84 Å². The van der Waals surface area contributed by atoms with Gasteiger partial charge in [0, 0.05) is 23.5 Å². The molecule has 7 nitrogen and oxygen atoms in total. The fourth-order valence-electron chi connectivity index (χ4n) is 4.29. The fraction of sp³-hybridized carbons (Fsp3) is 0.524. The lowest BCUT2D eigenvalue weighted by molar-refractivity contribution is -0.135. The van der Waals surface area contributed by atoms with Gasteiger partial charge in [-0.2, -0.15) is 0 Å². The summed E-state index contributed by atoms with van der Waals surface area (Å²) in [5, 5.41) is 3.71. The predicted octanol–water partition coefficient (Wildman–Crippen LogP) is 1.62. The van der Waals surface area contributed by atoms with Crippen LogP contribution in [0.25, 0.3) is 11.0 Å². The van der Waals surface area contributed by atoms with E-state index < -0.39 is 9.84 Å². The normalized spacial score (nSPS) is 20.0. The topological polar surface area (TPSA) is 96.7 Å². The standard InChI is InChI=1S/C21H26N2O5S/c1-2-23(11-20(24)22-17-6-7-29(26,27)13-17)21(25)10-16-12-28-19-9-15-5-3-4-14(15)8-18(16)19/h8-9,12,17H,2-7,10-11,13H2,1H3,(H,22,24)/t17-/m1/s1. The number of aryl methyl sites for hydroxylation is 2. The summed E-state index contributed by atoms with van der Waals surface area (Å²) in [5.41, 5.74) is 4.29. The molecular formula is C21H26N2O5S. The van der Waals surface area contributed by atoms with Gasteiger partial charge < -0.3 is 14.6 Å². The Labute approximate surface area is 170 Å². The van der Waals surface area contributed by atoms with Gasteiger partial charge in [-0.15, -0.1) is 0 Å². The molecule has 2 amide bonds. The highest BCUT2D eigenvalue weighted by atomic mass is 32.2. The number of hydrogen-bond acceptors (Lipinski definition) is 5. The van der Waals surface area contributed by atoms with Crippen LogP contribution in [0.4, 0.5) is 0 Å². The maximum atomic E-state index is 12.8. The van der Waals surface area contributed by atoms with Crippen LogP contribution >= 0.6 is 0 Å². The van der Waals surface area contributed by atoms with E-state index in [1.54, 1.807) is 6.26 Å². The van der Waals surface area contributed by atoms with Crippen LogP contribution in [0.1, 0.15) is 36.5 Å². The van der Waals surface area contributed by atoms with E-state index >= 15 is 0 Å². The number of fused-ring (bicyclic) bond motifs is 2. The number of nitrogens with one attached hydrogen (secondary N) is 1. The van der Waals surface area contributed by atoms with Crippen molar-refractivity contribution in [3.05, 3.63) is 35.1 Å². The maximum Gasteiger partial charge on any atom is 0.239 e. The molecule has 2 aromatic rings. The van der Waals surface area contributed by atoms with Gasteiger partial charge in [0.25, 0.3) is 0 Å². The molecule has 1 aromatic carbocycles. The van der Waals surface area contributed by atoms with Crippen LogP contribution in [0.15, 0.2) is 22.8 Å². The van der Waals surface area contributed by atoms with E-state index in [0.717, 1.165) is 35.8 Å². The molecule has 1 aromatic heterocycles. The van der Waals surface area contributed by atoms with Crippen molar-refractivity contribution in [2.45, 2.75) is 45.1 Å². The minimum Gasteiger partial charge on any atom is -0.464 e. The highest BCUT2D eigenvalue weighted by Crippen LogP contribution is 2.30. The number of hydrogen-bond donors (Lipinski definition) is 1. The Kier molecular flexibility index (Phi) is 5.38. The maximum absolute atomic E-state index is 12.8. The van der Waals surface area contributed by atoms with E-state index in [1.165, 1.54) is 16.0 Å². The summed E-state index contributed by atoms with van der Waals surface area (Å²) in [5.74, 6) is -0.391. The SMILES string of the molecule is CCN(CC(=O)N[C@@H]1CCS(=O)(=O)C1)C(=O)Cc1coc2cc3c(cc12)CCC3. The summed E-state index contributed by atoms with van der Waals surface area (Å²) in [4.78, 5) is 26.6. The van der Waals surface area contributed by atoms with Crippen LogP contribution in [0.5, 0.6) is 0 Å². The fourth-order valence-corrected chi connectivity index (χ4v) is 5.96. The highest BCUT2D eigenvalue weighted by Gasteiger charge is 2.29. The molecule has 1 N–H and O–H groups in total. The average molecular weight is 419 g/mol. The molecule has 1 aliphatic heterocycles. The van der Waals surface area contributed by atoms with Gasteiger partial charge in [0.1, 0.15) is 5.58 Å². The monoisotopic (exact) mass is 418 g/mol. The number of carbonyl (C=O) groups excluding carboxylic acids is 2. The molecule has 1 aliphatic carbocycles. The Balaban J connectivity index is 1.40. The summed E-state index contributed by atoms with van der Waals surface area (Å²) in [6.07, 6.45) is 5.51. The number of nitrogens with zero attached hydrogens (tertiary/aromatic N) is 1. The van der Waals surface area contributed by atoms with Gasteiger partial charge in [0.2, 0.25) is 11.8 Å². The summed E-state index contributed by atoms with van der Waals surface area (Å²) < 4.78 is 28.8. The van der Waals surface area contributed by atoms with Gasteiger partial charge in [0.05, 0.1) is 30.7 Å². The third-order valence-corrected chi connectivity index (χ3v) is 7.64. The van der Waals surface area contributed by atoms with E-state index in [2.05, 4.69) is 17.4 Å². The molecule has 1 atom stereocenters. The van der Waals surface area contributed by atoms with Crippen molar-refractivity contribution in [1.82, 2.24) is 10.2 Å².